The molecule has 1 unspecified atom stereocenters. The molecular weight excluding hydrogens is 893 g/mol. The van der Waals surface area contributed by atoms with Gasteiger partial charge in [0.05, 0.1) is 32.5 Å². The number of hydrogen-bond acceptors (Lipinski definition) is 10. The second kappa shape index (κ2) is 25.1. The van der Waals surface area contributed by atoms with Crippen LogP contribution in [-0.2, 0) is 24.3 Å². The number of benzene rings is 4. The van der Waals surface area contributed by atoms with E-state index in [2.05, 4.69) is 36.0 Å². The van der Waals surface area contributed by atoms with Crippen LogP contribution in [0.15, 0.2) is 125 Å². The molecular formula is C54H72N4O10Si. The molecule has 69 heavy (non-hydrogen) atoms. The number of methoxy groups -OCH3 is 2. The predicted octanol–water partition coefficient (Wildman–Crippen LogP) is 8.93. The zero-order chi connectivity index (χ0) is 50.3. The first-order valence-corrected chi connectivity index (χ1v) is 26.2. The number of carbonyl (C=O) groups excluding carboxylic acids is 1. The molecule has 5 aromatic rings. The molecule has 15 heteroatoms. The molecule has 2 heterocycles. The van der Waals surface area contributed by atoms with Crippen molar-refractivity contribution in [2.75, 3.05) is 47.0 Å². The molecule has 4 aromatic carbocycles. The molecule has 4 atom stereocenters. The largest absolute Gasteiger partial charge is 0.497 e. The van der Waals surface area contributed by atoms with E-state index in [-0.39, 0.29) is 43.0 Å². The molecule has 0 bridgehead atoms. The fraction of sp³-hybridized carbons (Fsp3) is 0.444. The Labute approximate surface area is 408 Å². The quantitative estimate of drug-likeness (QED) is 0.0447. The van der Waals surface area contributed by atoms with Crippen LogP contribution in [0.3, 0.4) is 0 Å². The standard InChI is InChI=1S/C48H57N3O10Si.C6H15N/c1-31(2)62(32(3)4,42(46(54)55)26-27-49-45(53)34-14-10-8-11-15-34)61-40-28-43(51-29-33(5)44(52)50-47(51)56)60-41(40)30-59-48(35-16-12-9-13-17-35,36-18-22-38(57-6)23-19-36)37-20-24-39(58-7)25-21-37;1-4-7(5-2)6-3/h8-25,29,31-32,40-43H,26-28,30H2,1-7H3,(H,49,53)(H,54,55)(H,50,52,56);4-6H2,1-3H3/t40-,41+,42?,43+;/m0./s1. The van der Waals surface area contributed by atoms with Crippen molar-refractivity contribution in [2.45, 2.75) is 109 Å². The Morgan fingerprint density at radius 2 is 1.32 bits per heavy atom. The number of amides is 1. The minimum Gasteiger partial charge on any atom is -0.497 e. The second-order valence-electron chi connectivity index (χ2n) is 17.9. The van der Waals surface area contributed by atoms with Gasteiger partial charge in [0.25, 0.3) is 11.5 Å². The van der Waals surface area contributed by atoms with Gasteiger partial charge >= 0.3 is 11.7 Å². The summed E-state index contributed by atoms with van der Waals surface area (Å²) in [5.74, 6) is 0.0296. The zero-order valence-electron chi connectivity index (χ0n) is 41.9. The molecule has 1 amide bonds. The van der Waals surface area contributed by atoms with Crippen molar-refractivity contribution in [1.82, 2.24) is 19.8 Å². The number of nitrogens with zero attached hydrogens (tertiary/aromatic N) is 2. The third kappa shape index (κ3) is 12.7. The SMILES string of the molecule is CCN(CC)CC.COc1ccc(C(OC[C@H]2O[C@@H](n3cc(C)c(=O)[nH]c3=O)C[C@@H]2O[Si](C(C)C)(C(C)C)C(CCNC(=O)c2ccccc2)C(=O)O)(c2ccccc2)c2ccc(OC)cc2)cc1. The number of carbonyl (C=O) groups is 2. The lowest BCUT2D eigenvalue weighted by Crippen LogP contribution is -2.56. The number of H-pyrrole nitrogens is 1. The van der Waals surface area contributed by atoms with Crippen LogP contribution in [0.5, 0.6) is 11.5 Å². The van der Waals surface area contributed by atoms with E-state index in [9.17, 15) is 24.3 Å². The molecule has 1 aliphatic rings. The number of rotatable bonds is 22. The fourth-order valence-electron chi connectivity index (χ4n) is 9.55. The topological polar surface area (TPSA) is 171 Å². The van der Waals surface area contributed by atoms with E-state index in [0.717, 1.165) is 16.7 Å². The van der Waals surface area contributed by atoms with Gasteiger partial charge in [-0.1, -0.05) is 121 Å². The van der Waals surface area contributed by atoms with Crippen LogP contribution < -0.4 is 26.0 Å². The summed E-state index contributed by atoms with van der Waals surface area (Å²) in [4.78, 5) is 57.1. The molecule has 6 rings (SSSR count). The van der Waals surface area contributed by atoms with Gasteiger partial charge in [0.2, 0.25) is 8.32 Å². The van der Waals surface area contributed by atoms with Gasteiger partial charge in [-0.2, -0.15) is 0 Å². The predicted molar refractivity (Wildman–Crippen MR) is 272 cm³/mol. The number of carboxylic acids is 1. The Morgan fingerprint density at radius 3 is 1.78 bits per heavy atom. The van der Waals surface area contributed by atoms with E-state index in [1.807, 2.05) is 113 Å². The zero-order valence-corrected chi connectivity index (χ0v) is 42.9. The summed E-state index contributed by atoms with van der Waals surface area (Å²) in [5.41, 5.74) is -0.475. The first kappa shape index (κ1) is 54.1. The first-order chi connectivity index (χ1) is 33.1. The number of aromatic amines is 1. The number of ether oxygens (including phenoxy) is 4. The summed E-state index contributed by atoms with van der Waals surface area (Å²) >= 11 is 0. The van der Waals surface area contributed by atoms with E-state index >= 15 is 0 Å². The average molecular weight is 965 g/mol. The van der Waals surface area contributed by atoms with Gasteiger partial charge in [-0.25, -0.2) is 4.79 Å². The molecule has 372 valence electrons. The summed E-state index contributed by atoms with van der Waals surface area (Å²) < 4.78 is 33.9. The van der Waals surface area contributed by atoms with Crippen LogP contribution in [0.2, 0.25) is 16.6 Å². The van der Waals surface area contributed by atoms with Gasteiger partial charge < -0.3 is 38.7 Å². The molecule has 1 aliphatic heterocycles. The molecule has 14 nitrogen and oxygen atoms in total. The van der Waals surface area contributed by atoms with Crippen LogP contribution in [0.4, 0.5) is 0 Å². The highest BCUT2D eigenvalue weighted by Crippen LogP contribution is 2.48. The Balaban J connectivity index is 0.00000118. The lowest BCUT2D eigenvalue weighted by atomic mass is 9.80. The summed E-state index contributed by atoms with van der Waals surface area (Å²) in [6, 6.07) is 33.9. The van der Waals surface area contributed by atoms with E-state index in [1.165, 1.54) is 30.4 Å². The van der Waals surface area contributed by atoms with E-state index in [4.69, 9.17) is 23.4 Å². The lowest BCUT2D eigenvalue weighted by Gasteiger charge is -2.45. The Bertz CT molecular complexity index is 2430. The van der Waals surface area contributed by atoms with Crippen molar-refractivity contribution in [3.63, 3.8) is 0 Å². The molecule has 1 saturated heterocycles. The summed E-state index contributed by atoms with van der Waals surface area (Å²) in [7, 11) is -0.198. The minimum atomic E-state index is -3.41. The Kier molecular flexibility index (Phi) is 19.7. The maximum atomic E-state index is 13.5. The number of carboxylic acid groups (broad SMARTS) is 1. The van der Waals surface area contributed by atoms with Crippen molar-refractivity contribution in [3.05, 3.63) is 164 Å². The third-order valence-electron chi connectivity index (χ3n) is 13.4. The van der Waals surface area contributed by atoms with Crippen molar-refractivity contribution in [2.24, 2.45) is 0 Å². The Hall–Kier alpha value is -5.84. The number of aliphatic carboxylic acids is 1. The molecule has 0 saturated carbocycles. The number of nitrogens with one attached hydrogen (secondary N) is 2. The fourth-order valence-corrected chi connectivity index (χ4v) is 15.0. The monoisotopic (exact) mass is 965 g/mol. The molecule has 1 fully saturated rings. The van der Waals surface area contributed by atoms with Crippen LogP contribution in [0, 0.1) is 6.92 Å². The van der Waals surface area contributed by atoms with Gasteiger partial charge in [0.15, 0.2) is 0 Å². The van der Waals surface area contributed by atoms with Gasteiger partial charge in [-0.3, -0.25) is 23.9 Å². The van der Waals surface area contributed by atoms with Gasteiger partial charge in [-0.15, -0.1) is 0 Å². The maximum absolute atomic E-state index is 13.5. The second-order valence-corrected chi connectivity index (χ2v) is 22.8. The number of aryl methyl sites for hydroxylation is 1. The van der Waals surface area contributed by atoms with Crippen molar-refractivity contribution < 1.29 is 38.1 Å². The Morgan fingerprint density at radius 1 is 0.812 bits per heavy atom. The smallest absolute Gasteiger partial charge is 0.330 e. The number of hydrogen-bond donors (Lipinski definition) is 3. The molecule has 1 aromatic heterocycles. The van der Waals surface area contributed by atoms with Crippen molar-refractivity contribution >= 4 is 20.2 Å². The highest BCUT2D eigenvalue weighted by atomic mass is 28.4. The van der Waals surface area contributed by atoms with Crippen molar-refractivity contribution in [3.8, 4) is 11.5 Å². The average Bonchev–Trinajstić information content (AvgIpc) is 3.76. The van der Waals surface area contributed by atoms with Crippen LogP contribution in [0.25, 0.3) is 0 Å². The highest BCUT2D eigenvalue weighted by molar-refractivity contribution is 6.80. The van der Waals surface area contributed by atoms with Crippen LogP contribution in [-0.4, -0.2) is 99.0 Å². The molecule has 3 N–H and O–H groups in total. The summed E-state index contributed by atoms with van der Waals surface area (Å²) in [6.45, 7) is 19.8. The van der Waals surface area contributed by atoms with Crippen molar-refractivity contribution in [1.29, 1.82) is 0 Å². The van der Waals surface area contributed by atoms with E-state index in [0.29, 0.717) is 22.6 Å². The van der Waals surface area contributed by atoms with E-state index < -0.39 is 55.1 Å². The first-order valence-electron chi connectivity index (χ1n) is 24.0. The normalized spacial score (nSPS) is 16.5. The molecule has 0 radical (unpaired) electrons. The number of aromatic nitrogens is 2. The van der Waals surface area contributed by atoms with Gasteiger partial charge in [0, 0.05) is 30.3 Å². The van der Waals surface area contributed by atoms with Crippen LogP contribution in [0.1, 0.15) is 100 Å². The molecule has 0 aliphatic carbocycles. The van der Waals surface area contributed by atoms with E-state index in [1.54, 1.807) is 45.4 Å². The van der Waals surface area contributed by atoms with Gasteiger partial charge in [0.1, 0.15) is 29.4 Å². The minimum absolute atomic E-state index is 0.0588. The third-order valence-corrected chi connectivity index (χ3v) is 19.3. The lowest BCUT2D eigenvalue weighted by molar-refractivity contribution is -0.137. The van der Waals surface area contributed by atoms with Crippen LogP contribution >= 0.6 is 0 Å². The summed E-state index contributed by atoms with van der Waals surface area (Å²) in [5, 5.41) is 13.9. The van der Waals surface area contributed by atoms with Gasteiger partial charge in [-0.05, 0) is 97.1 Å². The molecule has 0 spiro atoms. The summed E-state index contributed by atoms with van der Waals surface area (Å²) in [6.07, 6.45) is -0.691. The maximum Gasteiger partial charge on any atom is 0.330 e. The highest BCUT2D eigenvalue weighted by Gasteiger charge is 2.56.